The Bertz CT molecular complexity index is 1240. The Labute approximate surface area is 158 Å². The van der Waals surface area contributed by atoms with Crippen molar-refractivity contribution in [2.24, 2.45) is 10.9 Å². The lowest BCUT2D eigenvalue weighted by Gasteiger charge is -2.45. The van der Waals surface area contributed by atoms with Crippen LogP contribution in [0.1, 0.15) is 31.0 Å². The smallest absolute Gasteiger partial charge is 0.270 e. The normalized spacial score (nSPS) is 25.9. The van der Waals surface area contributed by atoms with E-state index < -0.39 is 17.7 Å². The van der Waals surface area contributed by atoms with Gasteiger partial charge in [0, 0.05) is 11.1 Å². The van der Waals surface area contributed by atoms with Crippen LogP contribution in [0.25, 0.3) is 6.08 Å². The Morgan fingerprint density at radius 2 is 2.15 bits per heavy atom. The molecule has 5 rings (SSSR count). The Hall–Kier alpha value is -2.93. The van der Waals surface area contributed by atoms with Crippen LogP contribution in [0, 0.1) is 5.92 Å². The fraction of sp³-hybridized carbons (Fsp3) is 0.250. The third-order valence-electron chi connectivity index (χ3n) is 5.16. The third-order valence-corrected chi connectivity index (χ3v) is 6.14. The molecule has 2 aliphatic rings. The number of fused-ring (bicyclic) bond motifs is 6. The van der Waals surface area contributed by atoms with Crippen molar-refractivity contribution in [3.63, 3.8) is 0 Å². The number of hydrogen-bond acceptors (Lipinski definition) is 6. The summed E-state index contributed by atoms with van der Waals surface area (Å²) in [4.78, 5) is 31.0. The first-order chi connectivity index (χ1) is 13.0. The Morgan fingerprint density at radius 3 is 2.89 bits per heavy atom. The van der Waals surface area contributed by atoms with E-state index in [1.807, 2.05) is 31.2 Å². The summed E-state index contributed by atoms with van der Waals surface area (Å²) < 4.78 is 13.4. The Balaban J connectivity index is 1.85. The maximum Gasteiger partial charge on any atom is 0.270 e. The van der Waals surface area contributed by atoms with Gasteiger partial charge in [-0.05, 0) is 32.1 Å². The van der Waals surface area contributed by atoms with Crippen LogP contribution in [0.3, 0.4) is 0 Å². The molecule has 3 atom stereocenters. The van der Waals surface area contributed by atoms with Gasteiger partial charge in [0.05, 0.1) is 23.1 Å². The molecule has 7 heteroatoms. The van der Waals surface area contributed by atoms with Crippen LogP contribution in [0.15, 0.2) is 57.1 Å². The summed E-state index contributed by atoms with van der Waals surface area (Å²) in [5, 5.41) is 0. The van der Waals surface area contributed by atoms with Crippen molar-refractivity contribution in [1.82, 2.24) is 4.57 Å². The molecule has 1 aromatic carbocycles. The lowest BCUT2D eigenvalue weighted by Crippen LogP contribution is -2.58. The molecule has 3 aromatic rings. The first-order valence-electron chi connectivity index (χ1n) is 8.61. The van der Waals surface area contributed by atoms with Gasteiger partial charge in [0.25, 0.3) is 5.56 Å². The highest BCUT2D eigenvalue weighted by molar-refractivity contribution is 7.07. The number of para-hydroxylation sites is 1. The van der Waals surface area contributed by atoms with Gasteiger partial charge in [-0.3, -0.25) is 14.2 Å². The molecule has 0 N–H and O–H groups in total. The lowest BCUT2D eigenvalue weighted by molar-refractivity contribution is -0.132. The minimum Gasteiger partial charge on any atom is -0.472 e. The van der Waals surface area contributed by atoms with Crippen LogP contribution in [0.5, 0.6) is 5.75 Å². The molecule has 0 amide bonds. The predicted molar refractivity (Wildman–Crippen MR) is 99.4 cm³/mol. The van der Waals surface area contributed by atoms with Gasteiger partial charge in [-0.1, -0.05) is 29.5 Å². The predicted octanol–water partition coefficient (Wildman–Crippen LogP) is 1.87. The highest BCUT2D eigenvalue weighted by Gasteiger charge is 2.53. The molecule has 2 aromatic heterocycles. The number of furan rings is 1. The van der Waals surface area contributed by atoms with E-state index in [1.165, 1.54) is 18.3 Å². The summed E-state index contributed by atoms with van der Waals surface area (Å²) in [7, 11) is 0. The molecule has 2 bridgehead atoms. The summed E-state index contributed by atoms with van der Waals surface area (Å²) >= 11 is 1.30. The molecule has 2 unspecified atom stereocenters. The highest BCUT2D eigenvalue weighted by atomic mass is 32.1. The van der Waals surface area contributed by atoms with Crippen LogP contribution in [0.4, 0.5) is 0 Å². The van der Waals surface area contributed by atoms with E-state index in [0.29, 0.717) is 15.1 Å². The van der Waals surface area contributed by atoms with E-state index in [1.54, 1.807) is 29.2 Å². The molecule has 2 aliphatic heterocycles. The van der Waals surface area contributed by atoms with Gasteiger partial charge in [0.15, 0.2) is 4.80 Å². The number of aromatic nitrogens is 1. The van der Waals surface area contributed by atoms with E-state index in [2.05, 4.69) is 0 Å². The second-order valence-electron chi connectivity index (χ2n) is 6.96. The standard InChI is InChI=1S/C20H16N2O4S/c1-11(23)16-17-13-5-3-4-6-14(13)26-20(16,2)21-19-22(17)18(24)15(27-19)9-12-7-8-25-10-12/h3-10,16-17H,1-2H3/t16?,17?,20-/m1/s1. The number of Topliss-reactive ketones (excluding diaryl/α,β-unsaturated/α-hetero) is 1. The second kappa shape index (κ2) is 5.53. The third kappa shape index (κ3) is 2.28. The molecule has 0 radical (unpaired) electrons. The summed E-state index contributed by atoms with van der Waals surface area (Å²) in [6, 6.07) is 8.89. The largest absolute Gasteiger partial charge is 0.472 e. The van der Waals surface area contributed by atoms with Crippen LogP contribution >= 0.6 is 11.3 Å². The van der Waals surface area contributed by atoms with Crippen molar-refractivity contribution in [3.05, 3.63) is 73.7 Å². The molecule has 136 valence electrons. The van der Waals surface area contributed by atoms with Crippen molar-refractivity contribution in [2.75, 3.05) is 0 Å². The highest BCUT2D eigenvalue weighted by Crippen LogP contribution is 2.47. The zero-order valence-electron chi connectivity index (χ0n) is 14.7. The zero-order chi connectivity index (χ0) is 18.8. The number of ether oxygens (including phenoxy) is 1. The first-order valence-corrected chi connectivity index (χ1v) is 9.43. The molecule has 0 fully saturated rings. The minimum atomic E-state index is -1.03. The number of carbonyl (C=O) groups is 1. The van der Waals surface area contributed by atoms with E-state index in [-0.39, 0.29) is 11.3 Å². The average Bonchev–Trinajstić information content (AvgIpc) is 3.22. The number of thiazole rings is 1. The molecular formula is C20H16N2O4S. The zero-order valence-corrected chi connectivity index (χ0v) is 15.5. The molecule has 0 saturated carbocycles. The Morgan fingerprint density at radius 1 is 1.33 bits per heavy atom. The van der Waals surface area contributed by atoms with E-state index in [9.17, 15) is 9.59 Å². The fourth-order valence-electron chi connectivity index (χ4n) is 4.06. The second-order valence-corrected chi connectivity index (χ2v) is 7.97. The molecule has 6 nitrogen and oxygen atoms in total. The maximum atomic E-state index is 13.2. The number of nitrogens with zero attached hydrogens (tertiary/aromatic N) is 2. The van der Waals surface area contributed by atoms with Crippen molar-refractivity contribution >= 4 is 23.2 Å². The quantitative estimate of drug-likeness (QED) is 0.680. The van der Waals surface area contributed by atoms with Gasteiger partial charge in [0.2, 0.25) is 5.72 Å². The monoisotopic (exact) mass is 380 g/mol. The average molecular weight is 380 g/mol. The van der Waals surface area contributed by atoms with Crippen LogP contribution in [-0.2, 0) is 4.79 Å². The topological polar surface area (TPSA) is 73.8 Å². The van der Waals surface area contributed by atoms with Gasteiger partial charge in [-0.15, -0.1) is 0 Å². The van der Waals surface area contributed by atoms with Crippen LogP contribution < -0.4 is 19.6 Å². The van der Waals surface area contributed by atoms with Crippen LogP contribution in [-0.4, -0.2) is 16.1 Å². The molecule has 0 aliphatic carbocycles. The molecule has 0 saturated heterocycles. The number of benzene rings is 1. The SMILES string of the molecule is CC(=O)C1C2c3ccccc3O[C@@]1(C)N=c1sc(=Cc3ccoc3)c(=O)n12. The van der Waals surface area contributed by atoms with Crippen molar-refractivity contribution in [2.45, 2.75) is 25.6 Å². The summed E-state index contributed by atoms with van der Waals surface area (Å²) in [5.74, 6) is 0.0502. The molecule has 27 heavy (non-hydrogen) atoms. The van der Waals surface area contributed by atoms with Crippen molar-refractivity contribution in [1.29, 1.82) is 0 Å². The summed E-state index contributed by atoms with van der Waals surface area (Å²) in [6.45, 7) is 3.35. The van der Waals surface area contributed by atoms with Gasteiger partial charge in [0.1, 0.15) is 17.5 Å². The number of rotatable bonds is 2. The lowest BCUT2D eigenvalue weighted by atomic mass is 9.79. The van der Waals surface area contributed by atoms with E-state index in [0.717, 1.165) is 11.1 Å². The van der Waals surface area contributed by atoms with E-state index in [4.69, 9.17) is 14.1 Å². The Kier molecular flexibility index (Phi) is 3.33. The van der Waals surface area contributed by atoms with Crippen molar-refractivity contribution in [3.8, 4) is 5.75 Å². The van der Waals surface area contributed by atoms with Crippen LogP contribution in [0.2, 0.25) is 0 Å². The number of carbonyl (C=O) groups excluding carboxylic acids is 1. The molecule has 0 spiro atoms. The summed E-state index contributed by atoms with van der Waals surface area (Å²) in [6.07, 6.45) is 4.92. The van der Waals surface area contributed by atoms with Gasteiger partial charge >= 0.3 is 0 Å². The number of hydrogen-bond donors (Lipinski definition) is 0. The van der Waals surface area contributed by atoms with Crippen molar-refractivity contribution < 1.29 is 13.9 Å². The van der Waals surface area contributed by atoms with Gasteiger partial charge < -0.3 is 9.15 Å². The van der Waals surface area contributed by atoms with Gasteiger partial charge in [-0.25, -0.2) is 4.99 Å². The maximum absolute atomic E-state index is 13.2. The number of ketones is 1. The fourth-order valence-corrected chi connectivity index (χ4v) is 5.16. The van der Waals surface area contributed by atoms with Gasteiger partial charge in [-0.2, -0.15) is 0 Å². The summed E-state index contributed by atoms with van der Waals surface area (Å²) in [5.41, 5.74) is 0.450. The van der Waals surface area contributed by atoms with E-state index >= 15 is 0 Å². The first kappa shape index (κ1) is 16.3. The molecule has 4 heterocycles. The minimum absolute atomic E-state index is 0.0510. The molecular weight excluding hydrogens is 364 g/mol.